The molecule has 29 nitrogen and oxygen atoms in total. The molecular formula is C99H108Cl4N22O7. The Morgan fingerprint density at radius 3 is 1.03 bits per heavy atom. The maximum Gasteiger partial charge on any atom is 0.250 e. The molecule has 33 heteroatoms. The van der Waals surface area contributed by atoms with E-state index in [2.05, 4.69) is 120 Å². The minimum absolute atomic E-state index is 0.00409. The molecule has 4 saturated heterocycles. The zero-order valence-corrected chi connectivity index (χ0v) is 76.8. The van der Waals surface area contributed by atoms with E-state index < -0.39 is 30.6 Å². The van der Waals surface area contributed by atoms with Crippen molar-refractivity contribution in [3.05, 3.63) is 273 Å². The Kier molecular flexibility index (Phi) is 30.8. The SMILES string of the molecule is CC(=O)Nc1c[nH]c2nccc(N3CCN(C(=O)[C@H](N)Cc4ccc(Cl)cc4)CC3)c12.Cc1c[nH]c2ncc(-c3ccccc3)c(N3CCN(C(=O)C(CN)Cc4ccc(Cl)cc4)CC3)c12.Cc1c[nH]c2ncc(-c3ccccc3)c(N3CCN(C(=O)[C@H](N)Cc4ccc(Cl)cc4)CC3)c12.N[C@H](Cc1ccc(Cl)cc1)C(=O)N1CCN(c2ccnc3[nH]cc(NC(=O)CO)c23)CC1. The first-order valence-corrected chi connectivity index (χ1v) is 45.7. The number of anilines is 6. The van der Waals surface area contributed by atoms with Gasteiger partial charge in [0.05, 0.1) is 68.9 Å². The molecule has 0 radical (unpaired) electrons. The highest BCUT2D eigenvalue weighted by atomic mass is 35.5. The molecule has 4 fully saturated rings. The van der Waals surface area contributed by atoms with Crippen molar-refractivity contribution in [2.75, 3.05) is 148 Å². The zero-order valence-electron chi connectivity index (χ0n) is 73.7. The lowest BCUT2D eigenvalue weighted by atomic mass is 9.97. The van der Waals surface area contributed by atoms with Gasteiger partial charge in [-0.3, -0.25) is 28.8 Å². The number of carbonyl (C=O) groups excluding carboxylic acids is 6. The highest BCUT2D eigenvalue weighted by Crippen LogP contribution is 2.42. The Labute approximate surface area is 785 Å². The van der Waals surface area contributed by atoms with Gasteiger partial charge < -0.3 is 97.8 Å². The molecule has 6 aromatic carbocycles. The molecule has 18 rings (SSSR count). The molecule has 0 bridgehead atoms. The van der Waals surface area contributed by atoms with Crippen LogP contribution in [0.25, 0.3) is 66.4 Å². The summed E-state index contributed by atoms with van der Waals surface area (Å²) in [5.74, 6) is -0.862. The number of pyridine rings is 4. The number of amides is 6. The van der Waals surface area contributed by atoms with Crippen molar-refractivity contribution in [2.45, 2.75) is 64.6 Å². The van der Waals surface area contributed by atoms with Gasteiger partial charge in [0.2, 0.25) is 35.4 Å². The number of aromatic nitrogens is 8. The van der Waals surface area contributed by atoms with Crippen LogP contribution in [0.15, 0.2) is 219 Å². The molecule has 132 heavy (non-hydrogen) atoms. The van der Waals surface area contributed by atoms with Crippen LogP contribution in [0.1, 0.15) is 40.3 Å². The van der Waals surface area contributed by atoms with E-state index in [1.807, 2.05) is 149 Å². The number of nitrogens with two attached hydrogens (primary N) is 4. The molecule has 6 amide bonds. The van der Waals surface area contributed by atoms with E-state index in [-0.39, 0.29) is 35.5 Å². The number of carbonyl (C=O) groups is 6. The van der Waals surface area contributed by atoms with E-state index in [1.165, 1.54) is 29.4 Å². The lowest BCUT2D eigenvalue weighted by molar-refractivity contribution is -0.135. The normalized spacial score (nSPS) is 15.1. The molecule has 4 aliphatic heterocycles. The summed E-state index contributed by atoms with van der Waals surface area (Å²) in [4.78, 5) is 123. The summed E-state index contributed by atoms with van der Waals surface area (Å²) in [6.07, 6.45) is 16.8. The van der Waals surface area contributed by atoms with Gasteiger partial charge in [-0.15, -0.1) is 0 Å². The van der Waals surface area contributed by atoms with Gasteiger partial charge in [-0.1, -0.05) is 156 Å². The first-order valence-electron chi connectivity index (χ1n) is 44.2. The predicted octanol–water partition coefficient (Wildman–Crippen LogP) is 12.8. The first kappa shape index (κ1) is 93.7. The number of aryl methyl sites for hydroxylation is 2. The van der Waals surface area contributed by atoms with Gasteiger partial charge in [0.25, 0.3) is 0 Å². The Morgan fingerprint density at radius 1 is 0.386 bits per heavy atom. The summed E-state index contributed by atoms with van der Waals surface area (Å²) in [6.45, 7) is 15.8. The molecule has 0 aliphatic carbocycles. The highest BCUT2D eigenvalue weighted by Gasteiger charge is 2.34. The van der Waals surface area contributed by atoms with Crippen molar-refractivity contribution in [1.82, 2.24) is 59.5 Å². The van der Waals surface area contributed by atoms with Crippen LogP contribution in [-0.4, -0.2) is 236 Å². The van der Waals surface area contributed by atoms with Crippen LogP contribution in [-0.2, 0) is 54.5 Å². The summed E-state index contributed by atoms with van der Waals surface area (Å²) < 4.78 is 0. The summed E-state index contributed by atoms with van der Waals surface area (Å²) in [5, 5.41) is 21.2. The molecule has 0 saturated carbocycles. The molecule has 684 valence electrons. The van der Waals surface area contributed by atoms with Gasteiger partial charge in [-0.05, 0) is 145 Å². The third kappa shape index (κ3) is 22.4. The summed E-state index contributed by atoms with van der Waals surface area (Å²) in [5.41, 5.74) is 44.2. The Balaban J connectivity index is 0.000000135. The van der Waals surface area contributed by atoms with Crippen LogP contribution in [0, 0.1) is 19.8 Å². The average molecular weight is 1860 g/mol. The summed E-state index contributed by atoms with van der Waals surface area (Å²) in [7, 11) is 0. The van der Waals surface area contributed by atoms with Gasteiger partial charge >= 0.3 is 0 Å². The minimum Gasteiger partial charge on any atom is -0.387 e. The number of hydrogen-bond donors (Lipinski definition) is 11. The van der Waals surface area contributed by atoms with Crippen molar-refractivity contribution in [3.8, 4) is 22.3 Å². The van der Waals surface area contributed by atoms with Crippen molar-refractivity contribution in [2.24, 2.45) is 28.9 Å². The largest absolute Gasteiger partial charge is 0.387 e. The Hall–Kier alpha value is -12.9. The molecule has 15 N–H and O–H groups in total. The number of nitrogens with one attached hydrogen (secondary N) is 6. The second kappa shape index (κ2) is 43.4. The second-order valence-electron chi connectivity index (χ2n) is 33.4. The van der Waals surface area contributed by atoms with E-state index in [9.17, 15) is 28.8 Å². The number of halogens is 4. The van der Waals surface area contributed by atoms with Gasteiger partial charge in [0.1, 0.15) is 29.2 Å². The van der Waals surface area contributed by atoms with E-state index in [0.717, 1.165) is 115 Å². The van der Waals surface area contributed by atoms with E-state index in [0.29, 0.717) is 154 Å². The van der Waals surface area contributed by atoms with Crippen molar-refractivity contribution < 1.29 is 33.9 Å². The minimum atomic E-state index is -0.611. The molecule has 14 aromatic rings. The molecular weight excluding hydrogens is 1750 g/mol. The first-order chi connectivity index (χ1) is 63.9. The van der Waals surface area contributed by atoms with Crippen LogP contribution >= 0.6 is 46.4 Å². The molecule has 4 aliphatic rings. The summed E-state index contributed by atoms with van der Waals surface area (Å²) in [6, 6.07) is 52.7. The van der Waals surface area contributed by atoms with E-state index in [4.69, 9.17) is 74.4 Å². The van der Waals surface area contributed by atoms with Crippen molar-refractivity contribution >= 4 is 160 Å². The number of hydrogen-bond acceptors (Lipinski definition) is 19. The fourth-order valence-electron chi connectivity index (χ4n) is 17.6. The highest BCUT2D eigenvalue weighted by molar-refractivity contribution is 6.31. The molecule has 1 unspecified atom stereocenters. The standard InChI is InChI=1S/C28H30ClN5O.C27H28ClN5O.C22H25ClN6O3.C22H25ClN6O2/c1-19-17-31-27-25(19)26(24(18-32-27)21-5-3-2-4-6-21)33-11-13-34(14-12-33)28(35)22(16-30)15-20-7-9-23(29)10-8-20;1-18-16-30-26-24(18)25(22(17-31-26)20-5-3-2-4-6-20)32-11-13-33(14-12-32)27(34)23(29)15-19-7-9-21(28)10-8-19;23-15-3-1-14(2-4-15)11-16(24)22(32)29-9-7-28(8-10-29)18-5-6-25-21-20(18)17(12-26-21)27-19(31)13-30;1-14(30)27-18-13-26-21-20(18)19(6-7-25-21)28-8-10-29(11-9-28)22(31)17(24)12-15-2-4-16(23)5-3-15/h2-10,17-18,22H,11-16,30H2,1H3,(H,31,32);2-10,16-17,23H,11-15,29H2,1H3,(H,30,31);1-6,12,16,30H,7-11,13,24H2,(H,25,26)(H,27,31);2-7,13,17H,8-12,24H2,1H3,(H,25,26)(H,27,30)/t;23-;16-;17-/m.111/s1. The number of fused-ring (bicyclic) bond motifs is 4. The number of aliphatic hydroxyl groups is 1. The van der Waals surface area contributed by atoms with Gasteiger partial charge in [-0.2, -0.15) is 0 Å². The average Bonchev–Trinajstić information content (AvgIpc) is 1.51. The third-order valence-electron chi connectivity index (χ3n) is 24.5. The van der Waals surface area contributed by atoms with Gasteiger partial charge in [0, 0.05) is 210 Å². The second-order valence-corrected chi connectivity index (χ2v) is 35.1. The van der Waals surface area contributed by atoms with Crippen LogP contribution in [0.3, 0.4) is 0 Å². The number of piperazine rings is 4. The number of aromatic amines is 4. The Bertz CT molecular complexity index is 6330. The van der Waals surface area contributed by atoms with Crippen molar-refractivity contribution in [1.29, 1.82) is 0 Å². The maximum atomic E-state index is 13.3. The monoisotopic (exact) mass is 1860 g/mol. The third-order valence-corrected chi connectivity index (χ3v) is 25.5. The van der Waals surface area contributed by atoms with Crippen LogP contribution < -0.4 is 53.2 Å². The molecule has 8 aromatic heterocycles. The molecule has 12 heterocycles. The van der Waals surface area contributed by atoms with Crippen molar-refractivity contribution in [3.63, 3.8) is 0 Å². The predicted molar refractivity (Wildman–Crippen MR) is 527 cm³/mol. The lowest BCUT2D eigenvalue weighted by Gasteiger charge is -2.38. The van der Waals surface area contributed by atoms with Crippen LogP contribution in [0.2, 0.25) is 20.1 Å². The topological polar surface area (TPSA) is 391 Å². The number of nitrogens with zero attached hydrogens (tertiary/aromatic N) is 12. The number of rotatable bonds is 22. The fourth-order valence-corrected chi connectivity index (χ4v) is 18.1. The zero-order chi connectivity index (χ0) is 92.6. The van der Waals surface area contributed by atoms with E-state index >= 15 is 0 Å². The summed E-state index contributed by atoms with van der Waals surface area (Å²) >= 11 is 23.8. The van der Waals surface area contributed by atoms with Crippen LogP contribution in [0.5, 0.6) is 0 Å². The fraction of sp³-hybridized carbons (Fsp3) is 0.293. The maximum absolute atomic E-state index is 13.3. The van der Waals surface area contributed by atoms with E-state index in [1.54, 1.807) is 54.0 Å². The molecule has 0 spiro atoms. The van der Waals surface area contributed by atoms with Gasteiger partial charge in [0.15, 0.2) is 0 Å². The quantitative estimate of drug-likeness (QED) is 0.0300. The molecule has 4 atom stereocenters. The number of H-pyrrole nitrogens is 4. The lowest BCUT2D eigenvalue weighted by Crippen LogP contribution is -2.53. The smallest absolute Gasteiger partial charge is 0.250 e. The number of aliphatic hydroxyl groups excluding tert-OH is 1. The van der Waals surface area contributed by atoms with Gasteiger partial charge in [-0.25, -0.2) is 19.9 Å². The van der Waals surface area contributed by atoms with Crippen LogP contribution in [0.4, 0.5) is 34.1 Å². The number of benzene rings is 6. The Morgan fingerprint density at radius 2 is 0.697 bits per heavy atom.